The van der Waals surface area contributed by atoms with Crippen molar-refractivity contribution in [1.29, 1.82) is 0 Å². The van der Waals surface area contributed by atoms with E-state index in [4.69, 9.17) is 25.2 Å². The lowest BCUT2D eigenvalue weighted by Gasteiger charge is -2.21. The molecule has 1 fully saturated rings. The molecule has 14 heteroatoms. The molecule has 206 valence electrons. The Morgan fingerprint density at radius 2 is 1.93 bits per heavy atom. The van der Waals surface area contributed by atoms with Crippen molar-refractivity contribution in [2.24, 2.45) is 0 Å². The molecule has 0 spiro atoms. The number of imidazole rings is 1. The number of nitrogens with zero attached hydrogens (tertiary/aromatic N) is 6. The largest absolute Gasteiger partial charge is 0.480 e. The molecule has 4 aromatic heterocycles. The Morgan fingerprint density at radius 3 is 2.67 bits per heavy atom. The van der Waals surface area contributed by atoms with Crippen molar-refractivity contribution in [3.05, 3.63) is 86.0 Å². The van der Waals surface area contributed by atoms with E-state index in [-0.39, 0.29) is 51.3 Å². The summed E-state index contributed by atoms with van der Waals surface area (Å²) in [7, 11) is -1.34. The second kappa shape index (κ2) is 9.68. The average molecular weight is 576 g/mol. The Hall–Kier alpha value is -4.36. The van der Waals surface area contributed by atoms with Gasteiger partial charge in [0.15, 0.2) is 11.6 Å². The summed E-state index contributed by atoms with van der Waals surface area (Å²) in [6, 6.07) is 5.72. The van der Waals surface area contributed by atoms with Crippen LogP contribution in [0, 0.1) is 17.5 Å². The van der Waals surface area contributed by atoms with Gasteiger partial charge in [-0.3, -0.25) is 13.8 Å². The lowest BCUT2D eigenvalue weighted by atomic mass is 10.2. The highest BCUT2D eigenvalue weighted by Gasteiger charge is 2.28. The molecule has 0 unspecified atom stereocenters. The number of pyridine rings is 2. The minimum absolute atomic E-state index is 0.00186. The number of methoxy groups -OCH3 is 2. The number of rotatable bonds is 5. The molecule has 1 aliphatic heterocycles. The normalized spacial score (nSPS) is 16.9. The van der Waals surface area contributed by atoms with E-state index < -0.39 is 41.8 Å². The van der Waals surface area contributed by atoms with Crippen LogP contribution in [0.2, 0.25) is 5.02 Å². The number of halogens is 4. The molecule has 40 heavy (non-hydrogen) atoms. The van der Waals surface area contributed by atoms with Crippen LogP contribution in [-0.2, 0) is 4.74 Å². The molecule has 0 saturated carbocycles. The Balaban J connectivity index is 1.64. The number of hydrogen-bond acceptors (Lipinski definition) is 7. The molecule has 6 rings (SSSR count). The minimum atomic E-state index is -2.60. The van der Waals surface area contributed by atoms with E-state index in [1.807, 2.05) is 0 Å². The van der Waals surface area contributed by atoms with Gasteiger partial charge < -0.3 is 14.4 Å². The lowest BCUT2D eigenvalue weighted by molar-refractivity contribution is 0.121. The molecule has 1 aliphatic rings. The number of hydrogen-bond donors (Lipinski definition) is 0. The summed E-state index contributed by atoms with van der Waals surface area (Å²) in [6.07, 6.45) is 1.57. The number of benzene rings is 1. The second-order valence-corrected chi connectivity index (χ2v) is 9.44. The predicted octanol–water partition coefficient (Wildman–Crippen LogP) is 3.49. The first kappa shape index (κ1) is 22.5. The van der Waals surface area contributed by atoms with Crippen LogP contribution in [0.4, 0.5) is 19.0 Å². The highest BCUT2D eigenvalue weighted by Crippen LogP contribution is 2.30. The number of fused-ring (bicyclic) bond motifs is 2. The van der Waals surface area contributed by atoms with Crippen molar-refractivity contribution in [1.82, 2.24) is 23.5 Å². The lowest BCUT2D eigenvalue weighted by Crippen LogP contribution is -2.39. The number of aromatic nitrogens is 5. The summed E-state index contributed by atoms with van der Waals surface area (Å²) in [4.78, 5) is 38.3. The monoisotopic (exact) mass is 575 g/mol. The summed E-state index contributed by atoms with van der Waals surface area (Å²) in [5.41, 5.74) is -1.92. The predicted molar refractivity (Wildman–Crippen MR) is 141 cm³/mol. The van der Waals surface area contributed by atoms with Crippen LogP contribution in [0.5, 0.6) is 5.88 Å². The van der Waals surface area contributed by atoms with Crippen molar-refractivity contribution in [2.75, 3.05) is 32.1 Å². The third-order valence-corrected chi connectivity index (χ3v) is 7.03. The zero-order valence-electron chi connectivity index (χ0n) is 23.6. The molecule has 0 N–H and O–H groups in total. The van der Waals surface area contributed by atoms with Gasteiger partial charge in [-0.1, -0.05) is 11.6 Å². The molecule has 0 aliphatic carbocycles. The molecular weight excluding hydrogens is 553 g/mol. The highest BCUT2D eigenvalue weighted by molar-refractivity contribution is 6.30. The number of ether oxygens (including phenoxy) is 2. The van der Waals surface area contributed by atoms with Gasteiger partial charge in [0.25, 0.3) is 5.56 Å². The smallest absolute Gasteiger partial charge is 0.342 e. The van der Waals surface area contributed by atoms with Gasteiger partial charge in [-0.15, -0.1) is 0 Å². The van der Waals surface area contributed by atoms with E-state index >= 15 is 0 Å². The molecule has 1 atom stereocenters. The molecule has 0 radical (unpaired) electrons. The highest BCUT2D eigenvalue weighted by atomic mass is 35.5. The van der Waals surface area contributed by atoms with Crippen LogP contribution in [-0.4, -0.2) is 56.8 Å². The topological polar surface area (TPSA) is 95.9 Å². The molecule has 10 nitrogen and oxygen atoms in total. The van der Waals surface area contributed by atoms with Crippen LogP contribution in [0.1, 0.15) is 10.5 Å². The van der Waals surface area contributed by atoms with Crippen molar-refractivity contribution in [2.45, 2.75) is 12.5 Å². The van der Waals surface area contributed by atoms with Gasteiger partial charge in [-0.2, -0.15) is 4.98 Å². The van der Waals surface area contributed by atoms with E-state index in [2.05, 4.69) is 9.97 Å². The molecular formula is C26H20ClF3N6O4. The quantitative estimate of drug-likeness (QED) is 0.317. The van der Waals surface area contributed by atoms with Gasteiger partial charge >= 0.3 is 5.69 Å². The molecule has 0 amide bonds. The van der Waals surface area contributed by atoms with Gasteiger partial charge in [0.05, 0.1) is 45.9 Å². The van der Waals surface area contributed by atoms with Gasteiger partial charge in [-0.05, 0) is 24.6 Å². The van der Waals surface area contributed by atoms with Crippen molar-refractivity contribution >= 4 is 34.0 Å². The maximum atomic E-state index is 14.2. The van der Waals surface area contributed by atoms with E-state index in [9.17, 15) is 22.8 Å². The Kier molecular flexibility index (Phi) is 5.43. The zero-order valence-corrected chi connectivity index (χ0v) is 21.3. The molecule has 5 heterocycles. The Labute approximate surface area is 232 Å². The fourth-order valence-corrected chi connectivity index (χ4v) is 5.00. The van der Waals surface area contributed by atoms with E-state index in [1.165, 1.54) is 25.3 Å². The minimum Gasteiger partial charge on any atom is -0.480 e. The molecule has 0 bridgehead atoms. The third kappa shape index (κ3) is 4.00. The van der Waals surface area contributed by atoms with Crippen LogP contribution < -0.4 is 20.9 Å². The SMILES string of the molecule is [2H]C([2H])([2H])O[C@@H]1CCN(c2cc3c(c(OC)n2)c(=O)n(-c2cnc4cc(F)c(F)cn24)c(=O)n3-c2ccc(F)c(Cl)c2)C1. The van der Waals surface area contributed by atoms with Crippen LogP contribution >= 0.6 is 11.6 Å². The molecule has 5 aromatic rings. The third-order valence-electron chi connectivity index (χ3n) is 6.74. The van der Waals surface area contributed by atoms with Crippen LogP contribution in [0.25, 0.3) is 28.1 Å². The maximum absolute atomic E-state index is 14.2. The number of anilines is 1. The van der Waals surface area contributed by atoms with Crippen LogP contribution in [0.15, 0.2) is 52.3 Å². The zero-order chi connectivity index (χ0) is 30.8. The van der Waals surface area contributed by atoms with Gasteiger partial charge in [0.1, 0.15) is 28.5 Å². The Bertz CT molecular complexity index is 2050. The van der Waals surface area contributed by atoms with Gasteiger partial charge in [0.2, 0.25) is 5.88 Å². The van der Waals surface area contributed by atoms with E-state index in [0.717, 1.165) is 33.5 Å². The standard InChI is InChI=1S/C26H20ClF3N6O4/c1-39-14-5-6-33(11-14)21-9-19-23(24(32-21)40-2)25(37)36(22-10-31-20-8-17(29)18(30)12-34(20)22)26(38)35(19)13-3-4-16(28)15(27)7-13/h3-4,7-10,12,14H,5-6,11H2,1-2H3/t14-/m1/s1/i1D3. The fourth-order valence-electron chi connectivity index (χ4n) is 4.82. The summed E-state index contributed by atoms with van der Waals surface area (Å²) >= 11 is 6.06. The summed E-state index contributed by atoms with van der Waals surface area (Å²) in [5.74, 6) is -3.36. The first-order valence-electron chi connectivity index (χ1n) is 13.3. The van der Waals surface area contributed by atoms with Gasteiger partial charge in [0, 0.05) is 32.3 Å². The maximum Gasteiger partial charge on any atom is 0.342 e. The average Bonchev–Trinajstić information content (AvgIpc) is 3.56. The Morgan fingerprint density at radius 1 is 1.10 bits per heavy atom. The van der Waals surface area contributed by atoms with Crippen molar-refractivity contribution in [3.63, 3.8) is 0 Å². The second-order valence-electron chi connectivity index (χ2n) is 9.03. The fraction of sp³-hybridized carbons (Fsp3) is 0.231. The van der Waals surface area contributed by atoms with Crippen molar-refractivity contribution < 1.29 is 26.8 Å². The van der Waals surface area contributed by atoms with E-state index in [1.54, 1.807) is 4.90 Å². The molecule has 1 saturated heterocycles. The summed E-state index contributed by atoms with van der Waals surface area (Å²) < 4.78 is 77.8. The molecule has 1 aromatic carbocycles. The first-order valence-corrected chi connectivity index (χ1v) is 12.2. The first-order chi connectivity index (χ1) is 20.4. The van der Waals surface area contributed by atoms with Crippen molar-refractivity contribution in [3.8, 4) is 17.4 Å². The van der Waals surface area contributed by atoms with Crippen LogP contribution in [0.3, 0.4) is 0 Å². The van der Waals surface area contributed by atoms with Gasteiger partial charge in [-0.25, -0.2) is 27.5 Å². The van der Waals surface area contributed by atoms with E-state index in [0.29, 0.717) is 17.5 Å². The summed E-state index contributed by atoms with van der Waals surface area (Å²) in [5, 5.41) is -0.494. The summed E-state index contributed by atoms with van der Waals surface area (Å²) in [6.45, 7) is 0.490.